The Morgan fingerprint density at radius 3 is 2.75 bits per heavy atom. The van der Waals surface area contributed by atoms with E-state index < -0.39 is 6.29 Å². The van der Waals surface area contributed by atoms with Crippen molar-refractivity contribution < 1.29 is 23.0 Å². The topological polar surface area (TPSA) is 53.4 Å². The van der Waals surface area contributed by atoms with Gasteiger partial charge in [0, 0.05) is 0 Å². The molecule has 104 valence electrons. The maximum Gasteiger partial charge on any atom is 0.586 e. The van der Waals surface area contributed by atoms with E-state index in [-0.39, 0.29) is 17.3 Å². The highest BCUT2D eigenvalue weighted by atomic mass is 19.3. The van der Waals surface area contributed by atoms with Gasteiger partial charge in [0.1, 0.15) is 5.69 Å². The number of rotatable bonds is 2. The molecule has 1 aromatic carbocycles. The normalized spacial score (nSPS) is 15.4. The number of fused-ring (bicyclic) bond motifs is 1. The second-order valence-electron chi connectivity index (χ2n) is 4.38. The van der Waals surface area contributed by atoms with Crippen LogP contribution < -0.4 is 9.47 Å². The first-order valence-corrected chi connectivity index (χ1v) is 5.84. The van der Waals surface area contributed by atoms with Crippen LogP contribution in [0.15, 0.2) is 24.4 Å². The molecule has 0 radical (unpaired) electrons. The lowest BCUT2D eigenvalue weighted by Gasteiger charge is -2.08. The summed E-state index contributed by atoms with van der Waals surface area (Å²) in [6.07, 6.45) is -2.30. The first-order chi connectivity index (χ1) is 9.39. The Kier molecular flexibility index (Phi) is 2.53. The molecule has 0 aliphatic carbocycles. The van der Waals surface area contributed by atoms with Crippen LogP contribution in [0.3, 0.4) is 0 Å². The number of alkyl halides is 2. The predicted octanol–water partition coefficient (Wildman–Crippen LogP) is 2.70. The maximum atomic E-state index is 13.1. The Bertz CT molecular complexity index is 710. The summed E-state index contributed by atoms with van der Waals surface area (Å²) in [4.78, 5) is 11.4. The zero-order valence-electron chi connectivity index (χ0n) is 10.7. The fourth-order valence-electron chi connectivity index (χ4n) is 2.12. The molecule has 0 saturated carbocycles. The second-order valence-corrected chi connectivity index (χ2v) is 4.38. The Morgan fingerprint density at radius 1 is 1.35 bits per heavy atom. The van der Waals surface area contributed by atoms with Crippen molar-refractivity contribution >= 4 is 5.78 Å². The number of ketones is 1. The van der Waals surface area contributed by atoms with E-state index in [0.717, 1.165) is 0 Å². The Hall–Kier alpha value is -2.44. The van der Waals surface area contributed by atoms with Crippen molar-refractivity contribution in [2.24, 2.45) is 0 Å². The number of nitrogens with zero attached hydrogens (tertiary/aromatic N) is 2. The van der Waals surface area contributed by atoms with Crippen molar-refractivity contribution in [2.75, 3.05) is 0 Å². The lowest BCUT2D eigenvalue weighted by atomic mass is 10.2. The summed E-state index contributed by atoms with van der Waals surface area (Å²) in [5, 5.41) is 4.05. The van der Waals surface area contributed by atoms with Gasteiger partial charge in [-0.05, 0) is 26.0 Å². The van der Waals surface area contributed by atoms with Gasteiger partial charge in [0.25, 0.3) is 0 Å². The molecule has 0 atom stereocenters. The first kappa shape index (κ1) is 12.6. The number of hydrogen-bond donors (Lipinski definition) is 0. The van der Waals surface area contributed by atoms with Crippen molar-refractivity contribution in [1.82, 2.24) is 9.78 Å². The van der Waals surface area contributed by atoms with Crippen LogP contribution >= 0.6 is 0 Å². The quantitative estimate of drug-likeness (QED) is 0.794. The highest BCUT2D eigenvalue weighted by molar-refractivity contribution is 5.95. The molecule has 0 unspecified atom stereocenters. The molecule has 0 bridgehead atoms. The molecule has 0 amide bonds. The van der Waals surface area contributed by atoms with Crippen molar-refractivity contribution in [1.29, 1.82) is 0 Å². The fourth-order valence-corrected chi connectivity index (χ4v) is 2.12. The molecular formula is C13H10F2N2O3. The molecule has 5 nitrogen and oxygen atoms in total. The van der Waals surface area contributed by atoms with E-state index in [0.29, 0.717) is 16.9 Å². The highest BCUT2D eigenvalue weighted by Crippen LogP contribution is 2.44. The van der Waals surface area contributed by atoms with Crippen LogP contribution in [0.1, 0.15) is 23.0 Å². The second kappa shape index (κ2) is 4.03. The van der Waals surface area contributed by atoms with E-state index in [4.69, 9.17) is 0 Å². The fraction of sp³-hybridized carbons (Fsp3) is 0.231. The number of aromatic nitrogens is 2. The molecule has 0 saturated heterocycles. The molecule has 2 aromatic rings. The van der Waals surface area contributed by atoms with E-state index in [1.165, 1.54) is 23.9 Å². The summed E-state index contributed by atoms with van der Waals surface area (Å²) < 4.78 is 36.5. The van der Waals surface area contributed by atoms with Crippen LogP contribution in [-0.4, -0.2) is 21.9 Å². The SMILES string of the molecule is CC(=O)c1cnn(-c2cccc3c2OC(F)(F)O3)c1C. The third-order valence-electron chi connectivity index (χ3n) is 3.03. The highest BCUT2D eigenvalue weighted by Gasteiger charge is 2.45. The number of para-hydroxylation sites is 1. The van der Waals surface area contributed by atoms with Gasteiger partial charge in [-0.15, -0.1) is 8.78 Å². The maximum absolute atomic E-state index is 13.1. The Labute approximate surface area is 112 Å². The van der Waals surface area contributed by atoms with Crippen LogP contribution in [-0.2, 0) is 0 Å². The number of carbonyl (C=O) groups is 1. The predicted molar refractivity (Wildman–Crippen MR) is 64.5 cm³/mol. The lowest BCUT2D eigenvalue weighted by Crippen LogP contribution is -2.26. The number of carbonyl (C=O) groups excluding carboxylic acids is 1. The number of benzene rings is 1. The van der Waals surface area contributed by atoms with Gasteiger partial charge in [-0.2, -0.15) is 5.10 Å². The van der Waals surface area contributed by atoms with Gasteiger partial charge in [-0.3, -0.25) is 4.79 Å². The van der Waals surface area contributed by atoms with Crippen molar-refractivity contribution in [3.05, 3.63) is 35.7 Å². The van der Waals surface area contributed by atoms with Gasteiger partial charge in [0.15, 0.2) is 17.3 Å². The minimum absolute atomic E-state index is 0.0632. The molecule has 20 heavy (non-hydrogen) atoms. The van der Waals surface area contributed by atoms with Crippen LogP contribution in [0.25, 0.3) is 5.69 Å². The summed E-state index contributed by atoms with van der Waals surface area (Å²) in [6.45, 7) is 3.09. The van der Waals surface area contributed by atoms with Gasteiger partial charge in [0.05, 0.1) is 17.5 Å². The molecule has 0 fully saturated rings. The molecule has 2 heterocycles. The molecule has 1 aliphatic heterocycles. The minimum Gasteiger partial charge on any atom is -0.395 e. The third-order valence-corrected chi connectivity index (χ3v) is 3.03. The Morgan fingerprint density at radius 2 is 2.10 bits per heavy atom. The number of hydrogen-bond acceptors (Lipinski definition) is 4. The molecular weight excluding hydrogens is 270 g/mol. The van der Waals surface area contributed by atoms with Crippen molar-refractivity contribution in [3.63, 3.8) is 0 Å². The number of halogens is 2. The first-order valence-electron chi connectivity index (χ1n) is 5.84. The average molecular weight is 280 g/mol. The van der Waals surface area contributed by atoms with Gasteiger partial charge in [-0.25, -0.2) is 4.68 Å². The molecule has 0 N–H and O–H groups in total. The van der Waals surface area contributed by atoms with Gasteiger partial charge >= 0.3 is 6.29 Å². The molecule has 1 aromatic heterocycles. The number of ether oxygens (including phenoxy) is 2. The van der Waals surface area contributed by atoms with Crippen LogP contribution in [0.4, 0.5) is 8.78 Å². The minimum atomic E-state index is -3.69. The van der Waals surface area contributed by atoms with Crippen LogP contribution in [0.2, 0.25) is 0 Å². The van der Waals surface area contributed by atoms with Crippen molar-refractivity contribution in [2.45, 2.75) is 20.1 Å². The lowest BCUT2D eigenvalue weighted by molar-refractivity contribution is -0.286. The molecule has 7 heteroatoms. The summed E-state index contributed by atoms with van der Waals surface area (Å²) in [7, 11) is 0. The molecule has 3 rings (SSSR count). The zero-order chi connectivity index (χ0) is 14.5. The van der Waals surface area contributed by atoms with E-state index in [9.17, 15) is 13.6 Å². The monoisotopic (exact) mass is 280 g/mol. The third kappa shape index (κ3) is 1.82. The summed E-state index contributed by atoms with van der Waals surface area (Å²) in [6, 6.07) is 4.49. The summed E-state index contributed by atoms with van der Waals surface area (Å²) in [5.74, 6) is -0.311. The summed E-state index contributed by atoms with van der Waals surface area (Å²) >= 11 is 0. The molecule has 1 aliphatic rings. The van der Waals surface area contributed by atoms with Crippen LogP contribution in [0, 0.1) is 6.92 Å². The zero-order valence-corrected chi connectivity index (χ0v) is 10.7. The van der Waals surface area contributed by atoms with Crippen LogP contribution in [0.5, 0.6) is 11.5 Å². The smallest absolute Gasteiger partial charge is 0.395 e. The summed E-state index contributed by atoms with van der Waals surface area (Å²) in [5.41, 5.74) is 1.27. The van der Waals surface area contributed by atoms with Gasteiger partial charge < -0.3 is 9.47 Å². The van der Waals surface area contributed by atoms with Gasteiger partial charge in [-0.1, -0.05) is 6.07 Å². The van der Waals surface area contributed by atoms with E-state index >= 15 is 0 Å². The van der Waals surface area contributed by atoms with Crippen molar-refractivity contribution in [3.8, 4) is 17.2 Å². The van der Waals surface area contributed by atoms with E-state index in [2.05, 4.69) is 14.6 Å². The molecule has 0 spiro atoms. The average Bonchev–Trinajstić information content (AvgIpc) is 2.87. The number of Topliss-reactive ketones (excluding diaryl/α,β-unsaturated/α-hetero) is 1. The van der Waals surface area contributed by atoms with E-state index in [1.807, 2.05) is 0 Å². The standard InChI is InChI=1S/C13H10F2N2O3/c1-7-9(8(2)18)6-16-17(7)10-4-3-5-11-12(10)20-13(14,15)19-11/h3-6H,1-2H3. The largest absolute Gasteiger partial charge is 0.586 e. The van der Waals surface area contributed by atoms with Gasteiger partial charge in [0.2, 0.25) is 0 Å². The van der Waals surface area contributed by atoms with E-state index in [1.54, 1.807) is 19.1 Å². The Balaban J connectivity index is 2.14.